The number of hydrogen-bond acceptors (Lipinski definition) is 2. The molecule has 106 valence electrons. The maximum Gasteiger partial charge on any atom is 0.0492 e. The van der Waals surface area contributed by atoms with Crippen molar-refractivity contribution in [3.63, 3.8) is 0 Å². The van der Waals surface area contributed by atoms with Gasteiger partial charge in [-0.15, -0.1) is 0 Å². The Morgan fingerprint density at radius 3 is 2.00 bits per heavy atom. The molecule has 1 N–H and O–H groups in total. The van der Waals surface area contributed by atoms with E-state index in [0.717, 1.165) is 12.7 Å². The summed E-state index contributed by atoms with van der Waals surface area (Å²) in [6.07, 6.45) is 11.1. The van der Waals surface area contributed by atoms with Gasteiger partial charge in [0.05, 0.1) is 0 Å². The normalized spacial score (nSPS) is 29.3. The number of hydrogen-bond donors (Lipinski definition) is 1. The van der Waals surface area contributed by atoms with Crippen molar-refractivity contribution in [1.82, 2.24) is 10.2 Å². The first-order valence-corrected chi connectivity index (χ1v) is 7.93. The fraction of sp³-hybridized carbons (Fsp3) is 1.00. The average molecular weight is 252 g/mol. The zero-order chi connectivity index (χ0) is 13.2. The summed E-state index contributed by atoms with van der Waals surface area (Å²) < 4.78 is 0. The van der Waals surface area contributed by atoms with E-state index in [1.807, 2.05) is 0 Å². The Kier molecular flexibility index (Phi) is 4.38. The molecule has 0 aromatic heterocycles. The van der Waals surface area contributed by atoms with Gasteiger partial charge in [0.1, 0.15) is 0 Å². The molecule has 1 aliphatic carbocycles. The SMILES string of the molecule is CC1(C)CCCC(C)(C)N1CNC1CCCCC1. The van der Waals surface area contributed by atoms with Crippen molar-refractivity contribution in [2.75, 3.05) is 6.67 Å². The number of nitrogens with one attached hydrogen (secondary N) is 1. The van der Waals surface area contributed by atoms with Crippen LogP contribution in [0.2, 0.25) is 0 Å². The summed E-state index contributed by atoms with van der Waals surface area (Å²) in [6, 6.07) is 0.771. The highest BCUT2D eigenvalue weighted by Gasteiger charge is 2.40. The van der Waals surface area contributed by atoms with Crippen LogP contribution in [0.3, 0.4) is 0 Å². The lowest BCUT2D eigenvalue weighted by molar-refractivity contribution is -0.0357. The van der Waals surface area contributed by atoms with Crippen molar-refractivity contribution < 1.29 is 0 Å². The Morgan fingerprint density at radius 2 is 1.44 bits per heavy atom. The molecule has 2 nitrogen and oxygen atoms in total. The third kappa shape index (κ3) is 3.27. The summed E-state index contributed by atoms with van der Waals surface area (Å²) in [5.74, 6) is 0. The Morgan fingerprint density at radius 1 is 0.889 bits per heavy atom. The van der Waals surface area contributed by atoms with Gasteiger partial charge in [-0.05, 0) is 59.8 Å². The van der Waals surface area contributed by atoms with Crippen LogP contribution in [0.1, 0.15) is 79.1 Å². The van der Waals surface area contributed by atoms with Gasteiger partial charge < -0.3 is 5.32 Å². The molecule has 2 rings (SSSR count). The predicted molar refractivity (Wildman–Crippen MR) is 78.7 cm³/mol. The summed E-state index contributed by atoms with van der Waals surface area (Å²) in [5.41, 5.74) is 0.701. The van der Waals surface area contributed by atoms with E-state index < -0.39 is 0 Å². The van der Waals surface area contributed by atoms with Gasteiger partial charge in [0.15, 0.2) is 0 Å². The summed E-state index contributed by atoms with van der Waals surface area (Å²) in [5, 5.41) is 3.83. The molecule has 0 amide bonds. The van der Waals surface area contributed by atoms with E-state index in [1.54, 1.807) is 0 Å². The Balaban J connectivity index is 1.91. The lowest BCUT2D eigenvalue weighted by atomic mass is 9.80. The van der Waals surface area contributed by atoms with Gasteiger partial charge in [-0.2, -0.15) is 0 Å². The second-order valence-electron chi connectivity index (χ2n) is 7.60. The molecule has 0 aromatic carbocycles. The Labute approximate surface area is 114 Å². The van der Waals surface area contributed by atoms with E-state index in [-0.39, 0.29) is 0 Å². The number of rotatable bonds is 3. The molecular formula is C16H32N2. The van der Waals surface area contributed by atoms with Gasteiger partial charge in [-0.1, -0.05) is 19.3 Å². The fourth-order valence-electron chi connectivity index (χ4n) is 4.00. The maximum atomic E-state index is 3.83. The zero-order valence-electron chi connectivity index (χ0n) is 12.9. The first-order chi connectivity index (χ1) is 8.42. The minimum absolute atomic E-state index is 0.351. The van der Waals surface area contributed by atoms with Crippen molar-refractivity contribution in [1.29, 1.82) is 0 Å². The molecule has 1 saturated carbocycles. The maximum absolute atomic E-state index is 3.83. The molecule has 0 aromatic rings. The van der Waals surface area contributed by atoms with Crippen LogP contribution < -0.4 is 5.32 Å². The second-order valence-corrected chi connectivity index (χ2v) is 7.60. The minimum Gasteiger partial charge on any atom is -0.301 e. The van der Waals surface area contributed by atoms with Crippen LogP contribution in [0.15, 0.2) is 0 Å². The monoisotopic (exact) mass is 252 g/mol. The first-order valence-electron chi connectivity index (χ1n) is 7.93. The topological polar surface area (TPSA) is 15.3 Å². The molecule has 1 aliphatic heterocycles. The van der Waals surface area contributed by atoms with Crippen LogP contribution in [0.4, 0.5) is 0 Å². The molecule has 1 saturated heterocycles. The molecule has 0 bridgehead atoms. The minimum atomic E-state index is 0.351. The molecule has 0 radical (unpaired) electrons. The first kappa shape index (κ1) is 14.3. The van der Waals surface area contributed by atoms with Crippen LogP contribution in [-0.2, 0) is 0 Å². The summed E-state index contributed by atoms with van der Waals surface area (Å²) in [4.78, 5) is 2.71. The number of nitrogens with zero attached hydrogens (tertiary/aromatic N) is 1. The number of piperidine rings is 1. The van der Waals surface area contributed by atoms with E-state index in [2.05, 4.69) is 37.9 Å². The zero-order valence-corrected chi connectivity index (χ0v) is 12.9. The molecule has 0 spiro atoms. The molecule has 18 heavy (non-hydrogen) atoms. The van der Waals surface area contributed by atoms with E-state index >= 15 is 0 Å². The predicted octanol–water partition coefficient (Wildman–Crippen LogP) is 3.91. The largest absolute Gasteiger partial charge is 0.301 e. The van der Waals surface area contributed by atoms with Gasteiger partial charge >= 0.3 is 0 Å². The van der Waals surface area contributed by atoms with Crippen LogP contribution in [0.5, 0.6) is 0 Å². The smallest absolute Gasteiger partial charge is 0.0492 e. The van der Waals surface area contributed by atoms with Gasteiger partial charge in [-0.25, -0.2) is 0 Å². The highest BCUT2D eigenvalue weighted by molar-refractivity contribution is 4.96. The highest BCUT2D eigenvalue weighted by atomic mass is 15.3. The molecular weight excluding hydrogens is 220 g/mol. The Hall–Kier alpha value is -0.0800. The lowest BCUT2D eigenvalue weighted by Crippen LogP contribution is -2.61. The third-order valence-electron chi connectivity index (χ3n) is 5.18. The van der Waals surface area contributed by atoms with Crippen molar-refractivity contribution in [3.05, 3.63) is 0 Å². The molecule has 1 heterocycles. The average Bonchev–Trinajstić information content (AvgIpc) is 2.28. The molecule has 0 atom stereocenters. The van der Waals surface area contributed by atoms with Gasteiger partial charge in [0.25, 0.3) is 0 Å². The highest BCUT2D eigenvalue weighted by Crippen LogP contribution is 2.37. The fourth-order valence-corrected chi connectivity index (χ4v) is 4.00. The lowest BCUT2D eigenvalue weighted by Gasteiger charge is -2.53. The van der Waals surface area contributed by atoms with Crippen molar-refractivity contribution in [2.45, 2.75) is 96.2 Å². The van der Waals surface area contributed by atoms with Crippen molar-refractivity contribution >= 4 is 0 Å². The van der Waals surface area contributed by atoms with E-state index in [4.69, 9.17) is 0 Å². The van der Waals surface area contributed by atoms with Gasteiger partial charge in [-0.3, -0.25) is 4.90 Å². The van der Waals surface area contributed by atoms with E-state index in [1.165, 1.54) is 51.4 Å². The van der Waals surface area contributed by atoms with Crippen LogP contribution in [-0.4, -0.2) is 28.7 Å². The molecule has 2 heteroatoms. The molecule has 0 unspecified atom stereocenters. The number of likely N-dealkylation sites (tertiary alicyclic amines) is 1. The van der Waals surface area contributed by atoms with E-state index in [0.29, 0.717) is 11.1 Å². The van der Waals surface area contributed by atoms with Crippen LogP contribution >= 0.6 is 0 Å². The summed E-state index contributed by atoms with van der Waals surface area (Å²) in [6.45, 7) is 10.7. The van der Waals surface area contributed by atoms with Crippen LogP contribution in [0.25, 0.3) is 0 Å². The second kappa shape index (κ2) is 5.50. The van der Waals surface area contributed by atoms with Crippen molar-refractivity contribution in [3.8, 4) is 0 Å². The van der Waals surface area contributed by atoms with Crippen LogP contribution in [0, 0.1) is 0 Å². The third-order valence-corrected chi connectivity index (χ3v) is 5.18. The van der Waals surface area contributed by atoms with Gasteiger partial charge in [0.2, 0.25) is 0 Å². The molecule has 2 aliphatic rings. The standard InChI is InChI=1S/C16H32N2/c1-15(2)11-8-12-16(3,4)18(15)13-17-14-9-6-5-7-10-14/h14,17H,5-13H2,1-4H3. The Bertz CT molecular complexity index is 248. The summed E-state index contributed by atoms with van der Waals surface area (Å²) >= 11 is 0. The van der Waals surface area contributed by atoms with Gasteiger partial charge in [0, 0.05) is 23.8 Å². The molecule has 2 fully saturated rings. The summed E-state index contributed by atoms with van der Waals surface area (Å²) in [7, 11) is 0. The van der Waals surface area contributed by atoms with E-state index in [9.17, 15) is 0 Å². The quantitative estimate of drug-likeness (QED) is 0.819. The van der Waals surface area contributed by atoms with Crippen molar-refractivity contribution in [2.24, 2.45) is 0 Å².